The molecule has 0 N–H and O–H groups in total. The monoisotopic (exact) mass is 230 g/mol. The first kappa shape index (κ1) is 14.0. The lowest BCUT2D eigenvalue weighted by Crippen LogP contribution is -2.11. The van der Waals surface area contributed by atoms with Crippen molar-refractivity contribution < 1.29 is 0 Å². The average molecular weight is 230 g/mol. The minimum Gasteiger partial charge on any atom is -0.0912 e. The fourth-order valence-electron chi connectivity index (χ4n) is 2.64. The van der Waals surface area contributed by atoms with Crippen LogP contribution in [0.2, 0.25) is 0 Å². The molecule has 1 aliphatic carbocycles. The molecule has 1 fully saturated rings. The summed E-state index contributed by atoms with van der Waals surface area (Å²) in [5.41, 5.74) is 4.00. The zero-order valence-electron chi connectivity index (χ0n) is 11.6. The van der Waals surface area contributed by atoms with Gasteiger partial charge in [-0.1, -0.05) is 50.1 Å². The van der Waals surface area contributed by atoms with Gasteiger partial charge in [-0.3, -0.25) is 0 Å². The van der Waals surface area contributed by atoms with Crippen molar-refractivity contribution in [3.8, 4) is 0 Å². The second kappa shape index (κ2) is 7.32. The van der Waals surface area contributed by atoms with Crippen molar-refractivity contribution in [2.45, 2.75) is 52.9 Å². The Hall–Kier alpha value is -1.04. The summed E-state index contributed by atoms with van der Waals surface area (Å²) in [6, 6.07) is 0. The van der Waals surface area contributed by atoms with E-state index >= 15 is 0 Å². The molecule has 0 heteroatoms. The Morgan fingerprint density at radius 1 is 1.12 bits per heavy atom. The van der Waals surface area contributed by atoms with Crippen LogP contribution in [0, 0.1) is 5.92 Å². The zero-order chi connectivity index (χ0) is 12.7. The first-order valence-corrected chi connectivity index (χ1v) is 6.86. The molecule has 1 aliphatic rings. The highest BCUT2D eigenvalue weighted by Crippen LogP contribution is 2.34. The maximum Gasteiger partial charge on any atom is -0.0159 e. The Balaban J connectivity index is 2.77. The van der Waals surface area contributed by atoms with E-state index in [-0.39, 0.29) is 0 Å². The maximum atomic E-state index is 4.28. The van der Waals surface area contributed by atoms with Crippen LogP contribution in [-0.4, -0.2) is 0 Å². The highest BCUT2D eigenvalue weighted by Gasteiger charge is 2.19. The first-order valence-electron chi connectivity index (χ1n) is 6.86. The number of hydrogen-bond donors (Lipinski definition) is 0. The predicted molar refractivity (Wildman–Crippen MR) is 78.0 cm³/mol. The fourth-order valence-corrected chi connectivity index (χ4v) is 2.64. The van der Waals surface area contributed by atoms with E-state index in [1.54, 1.807) is 0 Å². The number of hydrogen-bond acceptors (Lipinski definition) is 0. The van der Waals surface area contributed by atoms with Gasteiger partial charge in [0.1, 0.15) is 0 Å². The maximum absolute atomic E-state index is 4.28. The van der Waals surface area contributed by atoms with Gasteiger partial charge in [-0.25, -0.2) is 0 Å². The summed E-state index contributed by atoms with van der Waals surface area (Å²) >= 11 is 0. The molecule has 0 atom stereocenters. The van der Waals surface area contributed by atoms with E-state index in [4.69, 9.17) is 0 Å². The minimum atomic E-state index is 0.746. The van der Waals surface area contributed by atoms with Crippen molar-refractivity contribution in [3.63, 3.8) is 0 Å². The molecule has 17 heavy (non-hydrogen) atoms. The molecular weight excluding hydrogens is 204 g/mol. The standard InChI is InChI=1S/C17H26/c1-5-7-11-14(3)15(4)17(6-2)16-12-9-8-10-13-16/h5-7,11,16H,4,8-10,12-13H2,1-3H3/b7-5-,14-11-,17-6+. The molecule has 0 aliphatic heterocycles. The topological polar surface area (TPSA) is 0 Å². The molecule has 0 unspecified atom stereocenters. The Kier molecular flexibility index (Phi) is 6.04. The molecule has 0 saturated heterocycles. The first-order chi connectivity index (χ1) is 8.20. The summed E-state index contributed by atoms with van der Waals surface area (Å²) in [4.78, 5) is 0. The largest absolute Gasteiger partial charge is 0.0912 e. The quantitative estimate of drug-likeness (QED) is 0.552. The molecule has 0 amide bonds. The molecule has 1 saturated carbocycles. The highest BCUT2D eigenvalue weighted by atomic mass is 14.2. The van der Waals surface area contributed by atoms with Crippen LogP contribution < -0.4 is 0 Å². The van der Waals surface area contributed by atoms with Crippen molar-refractivity contribution in [2.75, 3.05) is 0 Å². The second-order valence-corrected chi connectivity index (χ2v) is 4.93. The third kappa shape index (κ3) is 4.03. The highest BCUT2D eigenvalue weighted by molar-refractivity contribution is 5.45. The van der Waals surface area contributed by atoms with Crippen LogP contribution in [0.4, 0.5) is 0 Å². The molecule has 0 nitrogen and oxygen atoms in total. The van der Waals surface area contributed by atoms with Gasteiger partial charge in [0, 0.05) is 0 Å². The van der Waals surface area contributed by atoms with E-state index in [0.29, 0.717) is 0 Å². The molecule has 1 rings (SSSR count). The van der Waals surface area contributed by atoms with Crippen molar-refractivity contribution >= 4 is 0 Å². The molecule has 0 aromatic carbocycles. The molecule has 0 aromatic heterocycles. The lowest BCUT2D eigenvalue weighted by Gasteiger charge is -2.26. The Morgan fingerprint density at radius 3 is 2.29 bits per heavy atom. The van der Waals surface area contributed by atoms with Crippen LogP contribution in [0.3, 0.4) is 0 Å². The minimum absolute atomic E-state index is 0.746. The molecule has 0 radical (unpaired) electrons. The van der Waals surface area contributed by atoms with Gasteiger partial charge < -0.3 is 0 Å². The Bertz CT molecular complexity index is 333. The normalized spacial score (nSPS) is 19.9. The van der Waals surface area contributed by atoms with E-state index in [1.165, 1.54) is 48.8 Å². The van der Waals surface area contributed by atoms with Crippen molar-refractivity contribution in [3.05, 3.63) is 47.6 Å². The van der Waals surface area contributed by atoms with E-state index in [1.807, 2.05) is 6.92 Å². The van der Waals surface area contributed by atoms with Gasteiger partial charge in [0.05, 0.1) is 0 Å². The van der Waals surface area contributed by atoms with Crippen LogP contribution in [0.5, 0.6) is 0 Å². The van der Waals surface area contributed by atoms with Gasteiger partial charge in [0.2, 0.25) is 0 Å². The molecule has 0 spiro atoms. The predicted octanol–water partition coefficient (Wildman–Crippen LogP) is 5.59. The molecule has 94 valence electrons. The molecule has 0 aromatic rings. The van der Waals surface area contributed by atoms with Gasteiger partial charge >= 0.3 is 0 Å². The lowest BCUT2D eigenvalue weighted by atomic mass is 9.79. The summed E-state index contributed by atoms with van der Waals surface area (Å²) < 4.78 is 0. The van der Waals surface area contributed by atoms with Gasteiger partial charge in [0.25, 0.3) is 0 Å². The van der Waals surface area contributed by atoms with E-state index in [9.17, 15) is 0 Å². The summed E-state index contributed by atoms with van der Waals surface area (Å²) in [6.45, 7) is 10.6. The number of allylic oxidation sites excluding steroid dienone is 7. The summed E-state index contributed by atoms with van der Waals surface area (Å²) in [7, 11) is 0. The summed E-state index contributed by atoms with van der Waals surface area (Å²) in [5, 5.41) is 0. The summed E-state index contributed by atoms with van der Waals surface area (Å²) in [5.74, 6) is 0.746. The SMILES string of the molecule is C=C(/C(C)=C\C=C/C)/C(=C\C)C1CCCCC1. The molecule has 0 heterocycles. The average Bonchev–Trinajstić information content (AvgIpc) is 2.38. The Labute approximate surface area is 107 Å². The third-order valence-electron chi connectivity index (χ3n) is 3.72. The lowest BCUT2D eigenvalue weighted by molar-refractivity contribution is 0.406. The third-order valence-corrected chi connectivity index (χ3v) is 3.72. The Morgan fingerprint density at radius 2 is 1.76 bits per heavy atom. The van der Waals surface area contributed by atoms with Crippen LogP contribution in [0.1, 0.15) is 52.9 Å². The van der Waals surface area contributed by atoms with E-state index in [0.717, 1.165) is 5.92 Å². The smallest absolute Gasteiger partial charge is 0.0159 e. The van der Waals surface area contributed by atoms with Crippen LogP contribution in [0.15, 0.2) is 47.6 Å². The van der Waals surface area contributed by atoms with E-state index < -0.39 is 0 Å². The van der Waals surface area contributed by atoms with Gasteiger partial charge in [0.15, 0.2) is 0 Å². The molecule has 0 bridgehead atoms. The van der Waals surface area contributed by atoms with Crippen LogP contribution in [-0.2, 0) is 0 Å². The zero-order valence-corrected chi connectivity index (χ0v) is 11.6. The van der Waals surface area contributed by atoms with Crippen molar-refractivity contribution in [1.82, 2.24) is 0 Å². The number of rotatable bonds is 4. The van der Waals surface area contributed by atoms with Crippen LogP contribution in [0.25, 0.3) is 0 Å². The molecular formula is C17H26. The van der Waals surface area contributed by atoms with Crippen molar-refractivity contribution in [2.24, 2.45) is 5.92 Å². The fraction of sp³-hybridized carbons (Fsp3) is 0.529. The van der Waals surface area contributed by atoms with Gasteiger partial charge in [-0.15, -0.1) is 0 Å². The second-order valence-electron chi connectivity index (χ2n) is 4.93. The van der Waals surface area contributed by atoms with Gasteiger partial charge in [-0.05, 0) is 56.3 Å². The van der Waals surface area contributed by atoms with Crippen molar-refractivity contribution in [1.29, 1.82) is 0 Å². The van der Waals surface area contributed by atoms with E-state index in [2.05, 4.69) is 44.7 Å². The summed E-state index contributed by atoms with van der Waals surface area (Å²) in [6.07, 6.45) is 15.4. The van der Waals surface area contributed by atoms with Crippen LogP contribution >= 0.6 is 0 Å². The van der Waals surface area contributed by atoms with Gasteiger partial charge in [-0.2, -0.15) is 0 Å².